The lowest BCUT2D eigenvalue weighted by Crippen LogP contribution is -2.30. The van der Waals surface area contributed by atoms with Gasteiger partial charge in [-0.15, -0.1) is 0 Å². The van der Waals surface area contributed by atoms with Crippen LogP contribution in [0.2, 0.25) is 0 Å². The van der Waals surface area contributed by atoms with E-state index in [4.69, 9.17) is 5.73 Å². The molecular formula is C15H17FN4O. The molecule has 0 aliphatic rings. The maximum Gasteiger partial charge on any atom is 0.238 e. The maximum atomic E-state index is 12.9. The summed E-state index contributed by atoms with van der Waals surface area (Å²) >= 11 is 0. The first-order valence-corrected chi connectivity index (χ1v) is 6.48. The molecule has 0 atom stereocenters. The van der Waals surface area contributed by atoms with Crippen LogP contribution in [0.4, 0.5) is 15.8 Å². The Labute approximate surface area is 122 Å². The van der Waals surface area contributed by atoms with Gasteiger partial charge in [-0.05, 0) is 37.4 Å². The molecule has 5 nitrogen and oxygen atoms in total. The number of hydrogen-bond acceptors (Lipinski definition) is 4. The maximum absolute atomic E-state index is 12.9. The van der Waals surface area contributed by atoms with Crippen LogP contribution < -0.4 is 11.1 Å². The summed E-state index contributed by atoms with van der Waals surface area (Å²) in [6, 6.07) is 9.51. The fourth-order valence-electron chi connectivity index (χ4n) is 1.91. The third-order valence-electron chi connectivity index (χ3n) is 2.86. The molecule has 3 N–H and O–H groups in total. The molecule has 110 valence electrons. The van der Waals surface area contributed by atoms with Crippen LogP contribution in [-0.2, 0) is 11.3 Å². The van der Waals surface area contributed by atoms with E-state index in [0.29, 0.717) is 12.2 Å². The molecule has 0 aliphatic carbocycles. The standard InChI is InChI=1S/C15H17FN4O/c1-20(9-12-4-2-3-7-18-12)10-15(21)19-14-6-5-11(16)8-13(14)17/h2-8H,9-10,17H2,1H3,(H,19,21). The predicted octanol–water partition coefficient (Wildman–Crippen LogP) is 1.87. The molecule has 6 heteroatoms. The monoisotopic (exact) mass is 288 g/mol. The number of halogens is 1. The smallest absolute Gasteiger partial charge is 0.238 e. The molecule has 0 fully saturated rings. The third-order valence-corrected chi connectivity index (χ3v) is 2.86. The molecule has 2 rings (SSSR count). The number of rotatable bonds is 5. The highest BCUT2D eigenvalue weighted by atomic mass is 19.1. The second kappa shape index (κ2) is 6.81. The van der Waals surface area contributed by atoms with Gasteiger partial charge in [0.2, 0.25) is 5.91 Å². The number of anilines is 2. The van der Waals surface area contributed by atoms with E-state index in [1.807, 2.05) is 30.1 Å². The largest absolute Gasteiger partial charge is 0.397 e. The predicted molar refractivity (Wildman–Crippen MR) is 80.0 cm³/mol. The fraction of sp³-hybridized carbons (Fsp3) is 0.200. The van der Waals surface area contributed by atoms with E-state index in [9.17, 15) is 9.18 Å². The zero-order chi connectivity index (χ0) is 15.2. The minimum absolute atomic E-state index is 0.188. The van der Waals surface area contributed by atoms with Crippen LogP contribution in [0.15, 0.2) is 42.6 Å². The van der Waals surface area contributed by atoms with Crippen molar-refractivity contribution in [2.24, 2.45) is 0 Å². The topological polar surface area (TPSA) is 71.2 Å². The minimum Gasteiger partial charge on any atom is -0.397 e. The van der Waals surface area contributed by atoms with Crippen molar-refractivity contribution in [2.45, 2.75) is 6.54 Å². The fourth-order valence-corrected chi connectivity index (χ4v) is 1.91. The first-order chi connectivity index (χ1) is 10.0. The number of hydrogen-bond donors (Lipinski definition) is 2. The molecule has 0 aliphatic heterocycles. The highest BCUT2D eigenvalue weighted by molar-refractivity contribution is 5.95. The molecule has 0 saturated heterocycles. The number of nitrogens with one attached hydrogen (secondary N) is 1. The lowest BCUT2D eigenvalue weighted by molar-refractivity contribution is -0.117. The Morgan fingerprint density at radius 1 is 1.38 bits per heavy atom. The summed E-state index contributed by atoms with van der Waals surface area (Å²) in [5, 5.41) is 2.66. The van der Waals surface area contributed by atoms with Crippen molar-refractivity contribution in [3.63, 3.8) is 0 Å². The normalized spacial score (nSPS) is 10.6. The van der Waals surface area contributed by atoms with Crippen molar-refractivity contribution in [3.8, 4) is 0 Å². The van der Waals surface area contributed by atoms with Gasteiger partial charge in [-0.25, -0.2) is 4.39 Å². The molecular weight excluding hydrogens is 271 g/mol. The lowest BCUT2D eigenvalue weighted by atomic mass is 10.2. The van der Waals surface area contributed by atoms with Crippen molar-refractivity contribution < 1.29 is 9.18 Å². The quantitative estimate of drug-likeness (QED) is 0.824. The summed E-state index contributed by atoms with van der Waals surface area (Å²) in [6.45, 7) is 0.751. The van der Waals surface area contributed by atoms with Gasteiger partial charge in [-0.1, -0.05) is 6.07 Å². The molecule has 1 aromatic heterocycles. The Morgan fingerprint density at radius 2 is 2.19 bits per heavy atom. The van der Waals surface area contributed by atoms with Gasteiger partial charge in [-0.3, -0.25) is 14.7 Å². The Bertz CT molecular complexity index is 618. The third kappa shape index (κ3) is 4.54. The van der Waals surface area contributed by atoms with Crippen LogP contribution in [0.3, 0.4) is 0 Å². The van der Waals surface area contributed by atoms with Gasteiger partial charge in [0, 0.05) is 12.7 Å². The van der Waals surface area contributed by atoms with Crippen LogP contribution in [0.25, 0.3) is 0 Å². The zero-order valence-corrected chi connectivity index (χ0v) is 11.7. The molecule has 0 radical (unpaired) electrons. The Hall–Kier alpha value is -2.47. The number of nitrogen functional groups attached to an aromatic ring is 1. The average molecular weight is 288 g/mol. The summed E-state index contributed by atoms with van der Waals surface area (Å²) in [5.41, 5.74) is 7.14. The van der Waals surface area contributed by atoms with Gasteiger partial charge in [0.15, 0.2) is 0 Å². The number of nitrogens with zero attached hydrogens (tertiary/aromatic N) is 2. The first-order valence-electron chi connectivity index (χ1n) is 6.48. The summed E-state index contributed by atoms with van der Waals surface area (Å²) in [5.74, 6) is -0.649. The molecule has 2 aromatic rings. The molecule has 1 aromatic carbocycles. The van der Waals surface area contributed by atoms with Crippen LogP contribution in [0.5, 0.6) is 0 Å². The number of likely N-dealkylation sites (N-methyl/N-ethyl adjacent to an activating group) is 1. The van der Waals surface area contributed by atoms with E-state index in [-0.39, 0.29) is 18.1 Å². The molecule has 1 amide bonds. The van der Waals surface area contributed by atoms with E-state index in [0.717, 1.165) is 5.69 Å². The molecule has 0 unspecified atom stereocenters. The van der Waals surface area contributed by atoms with Gasteiger partial charge >= 0.3 is 0 Å². The van der Waals surface area contributed by atoms with Crippen molar-refractivity contribution >= 4 is 17.3 Å². The average Bonchev–Trinajstić information content (AvgIpc) is 2.43. The number of benzene rings is 1. The van der Waals surface area contributed by atoms with E-state index in [2.05, 4.69) is 10.3 Å². The Kier molecular flexibility index (Phi) is 4.84. The van der Waals surface area contributed by atoms with E-state index in [1.165, 1.54) is 18.2 Å². The molecule has 1 heterocycles. The van der Waals surface area contributed by atoms with Gasteiger partial charge in [0.25, 0.3) is 0 Å². The number of carbonyl (C=O) groups excluding carboxylic acids is 1. The van der Waals surface area contributed by atoms with Crippen molar-refractivity contribution in [1.82, 2.24) is 9.88 Å². The molecule has 0 saturated carbocycles. The van der Waals surface area contributed by atoms with E-state index >= 15 is 0 Å². The summed E-state index contributed by atoms with van der Waals surface area (Å²) in [4.78, 5) is 18.0. The first kappa shape index (κ1) is 14.9. The SMILES string of the molecule is CN(CC(=O)Nc1ccc(F)cc1N)Cc1ccccn1. The Morgan fingerprint density at radius 3 is 2.86 bits per heavy atom. The minimum atomic E-state index is -0.433. The van der Waals surface area contributed by atoms with Crippen LogP contribution in [0.1, 0.15) is 5.69 Å². The van der Waals surface area contributed by atoms with Gasteiger partial charge in [-0.2, -0.15) is 0 Å². The van der Waals surface area contributed by atoms with Crippen LogP contribution in [0, 0.1) is 5.82 Å². The van der Waals surface area contributed by atoms with Gasteiger partial charge < -0.3 is 11.1 Å². The van der Waals surface area contributed by atoms with E-state index in [1.54, 1.807) is 6.20 Å². The van der Waals surface area contributed by atoms with Crippen molar-refractivity contribution in [1.29, 1.82) is 0 Å². The lowest BCUT2D eigenvalue weighted by Gasteiger charge is -2.16. The summed E-state index contributed by atoms with van der Waals surface area (Å²) < 4.78 is 12.9. The number of amides is 1. The highest BCUT2D eigenvalue weighted by Crippen LogP contribution is 2.18. The number of nitrogens with two attached hydrogens (primary N) is 1. The Balaban J connectivity index is 1.89. The number of carbonyl (C=O) groups is 1. The summed E-state index contributed by atoms with van der Waals surface area (Å²) in [6.07, 6.45) is 1.71. The second-order valence-corrected chi connectivity index (χ2v) is 4.77. The van der Waals surface area contributed by atoms with Crippen LogP contribution >= 0.6 is 0 Å². The van der Waals surface area contributed by atoms with Crippen molar-refractivity contribution in [3.05, 3.63) is 54.1 Å². The van der Waals surface area contributed by atoms with E-state index < -0.39 is 5.82 Å². The zero-order valence-electron chi connectivity index (χ0n) is 11.7. The molecule has 0 spiro atoms. The number of pyridine rings is 1. The van der Waals surface area contributed by atoms with Gasteiger partial charge in [0.05, 0.1) is 23.6 Å². The molecule has 21 heavy (non-hydrogen) atoms. The number of aromatic nitrogens is 1. The van der Waals surface area contributed by atoms with Crippen molar-refractivity contribution in [2.75, 3.05) is 24.6 Å². The molecule has 0 bridgehead atoms. The summed E-state index contributed by atoms with van der Waals surface area (Å²) in [7, 11) is 1.82. The highest BCUT2D eigenvalue weighted by Gasteiger charge is 2.10. The van der Waals surface area contributed by atoms with Crippen LogP contribution in [-0.4, -0.2) is 29.4 Å². The van der Waals surface area contributed by atoms with Gasteiger partial charge in [0.1, 0.15) is 5.82 Å². The second-order valence-electron chi connectivity index (χ2n) is 4.77.